The van der Waals surface area contributed by atoms with Gasteiger partial charge in [0.2, 0.25) is 0 Å². The van der Waals surface area contributed by atoms with E-state index in [4.69, 9.17) is 4.98 Å². The molecule has 150 valence electrons. The fourth-order valence-electron chi connectivity index (χ4n) is 3.11. The Morgan fingerprint density at radius 3 is 2.50 bits per heavy atom. The molecule has 1 aromatic carbocycles. The minimum absolute atomic E-state index is 0.115. The van der Waals surface area contributed by atoms with Crippen LogP contribution in [0, 0.1) is 6.92 Å². The van der Waals surface area contributed by atoms with Crippen LogP contribution in [-0.2, 0) is 25.5 Å². The van der Waals surface area contributed by atoms with Crippen LogP contribution in [0.1, 0.15) is 44.9 Å². The highest BCUT2D eigenvalue weighted by molar-refractivity contribution is 7.90. The van der Waals surface area contributed by atoms with Crippen molar-refractivity contribution < 1.29 is 4.55 Å². The fourth-order valence-corrected chi connectivity index (χ4v) is 3.91. The Balaban J connectivity index is 2.22. The number of nitrogens with zero attached hydrogens (tertiary/aromatic N) is 4. The Morgan fingerprint density at radius 2 is 1.93 bits per heavy atom. The maximum absolute atomic E-state index is 13.1. The van der Waals surface area contributed by atoms with Crippen LogP contribution < -0.4 is 10.3 Å². The minimum Gasteiger partial charge on any atom is -0.598 e. The van der Waals surface area contributed by atoms with Crippen molar-refractivity contribution in [2.45, 2.75) is 45.4 Å². The summed E-state index contributed by atoms with van der Waals surface area (Å²) in [5.41, 5.74) is 3.08. The van der Waals surface area contributed by atoms with Crippen molar-refractivity contribution >= 4 is 22.3 Å². The molecular weight excluding hydrogens is 374 g/mol. The number of fused-ring (bicyclic) bond motifs is 1. The maximum atomic E-state index is 13.1. The predicted molar refractivity (Wildman–Crippen MR) is 113 cm³/mol. The lowest BCUT2D eigenvalue weighted by molar-refractivity contribution is 0.531. The number of rotatable bonds is 4. The van der Waals surface area contributed by atoms with Gasteiger partial charge in [0.25, 0.3) is 5.56 Å². The lowest BCUT2D eigenvalue weighted by Gasteiger charge is -2.27. The van der Waals surface area contributed by atoms with Gasteiger partial charge in [0, 0.05) is 37.2 Å². The molecule has 0 saturated heterocycles. The quantitative estimate of drug-likeness (QED) is 0.679. The van der Waals surface area contributed by atoms with E-state index in [9.17, 15) is 9.35 Å². The fraction of sp³-hybridized carbons (Fsp3) is 0.450. The van der Waals surface area contributed by atoms with Gasteiger partial charge in [-0.3, -0.25) is 14.0 Å². The summed E-state index contributed by atoms with van der Waals surface area (Å²) in [5, 5.41) is 4.74. The van der Waals surface area contributed by atoms with Gasteiger partial charge in [0.15, 0.2) is 5.82 Å². The highest BCUT2D eigenvalue weighted by atomic mass is 32.2. The molecule has 2 aromatic heterocycles. The van der Waals surface area contributed by atoms with Crippen molar-refractivity contribution in [3.63, 3.8) is 0 Å². The van der Waals surface area contributed by atoms with Crippen LogP contribution in [0.3, 0.4) is 0 Å². The van der Waals surface area contributed by atoms with Crippen molar-refractivity contribution in [2.24, 2.45) is 14.1 Å². The molecule has 0 amide bonds. The summed E-state index contributed by atoms with van der Waals surface area (Å²) >= 11 is -1.24. The number of aromatic nitrogens is 4. The van der Waals surface area contributed by atoms with Gasteiger partial charge in [-0.2, -0.15) is 5.10 Å². The second-order valence-corrected chi connectivity index (χ2v) is 10.1. The van der Waals surface area contributed by atoms with Crippen molar-refractivity contribution in [3.8, 4) is 11.5 Å². The van der Waals surface area contributed by atoms with Crippen LogP contribution in [-0.4, -0.2) is 28.6 Å². The van der Waals surface area contributed by atoms with E-state index >= 15 is 0 Å². The van der Waals surface area contributed by atoms with E-state index in [1.165, 1.54) is 0 Å². The molecule has 0 saturated carbocycles. The second-order valence-electron chi connectivity index (χ2n) is 8.11. The van der Waals surface area contributed by atoms with Gasteiger partial charge in [-0.15, -0.1) is 4.72 Å². The molecule has 3 aromatic rings. The van der Waals surface area contributed by atoms with Crippen molar-refractivity contribution in [1.82, 2.24) is 24.1 Å². The number of hydrogen-bond acceptors (Lipinski definition) is 5. The minimum atomic E-state index is -1.24. The lowest BCUT2D eigenvalue weighted by atomic mass is 10.0. The molecule has 1 unspecified atom stereocenters. The Labute approximate surface area is 168 Å². The molecule has 1 N–H and O–H groups in total. The van der Waals surface area contributed by atoms with Gasteiger partial charge in [0.1, 0.15) is 10.4 Å². The highest BCUT2D eigenvalue weighted by Crippen LogP contribution is 2.27. The van der Waals surface area contributed by atoms with Gasteiger partial charge in [-0.25, -0.2) is 4.98 Å². The molecule has 0 aliphatic heterocycles. The van der Waals surface area contributed by atoms with Gasteiger partial charge in [-0.05, 0) is 52.3 Å². The molecule has 8 heteroatoms. The maximum Gasteiger partial charge on any atom is 0.261 e. The molecule has 2 heterocycles. The SMILES string of the molecule is Cc1cc(C(C)N[S@+]([O-])C(C)(C)C)c2nc(-c3ccnn3C)n(C)c(=O)c2c1. The summed E-state index contributed by atoms with van der Waals surface area (Å²) in [6.45, 7) is 9.66. The van der Waals surface area contributed by atoms with Gasteiger partial charge >= 0.3 is 0 Å². The summed E-state index contributed by atoms with van der Waals surface area (Å²) < 4.78 is 18.6. The van der Waals surface area contributed by atoms with E-state index in [2.05, 4.69) is 9.82 Å². The van der Waals surface area contributed by atoms with E-state index in [0.717, 1.165) is 16.8 Å². The van der Waals surface area contributed by atoms with Crippen LogP contribution in [0.5, 0.6) is 0 Å². The molecule has 0 spiro atoms. The third-order valence-electron chi connectivity index (χ3n) is 4.71. The van der Waals surface area contributed by atoms with E-state index < -0.39 is 16.1 Å². The van der Waals surface area contributed by atoms with Gasteiger partial charge in [-0.1, -0.05) is 6.07 Å². The average molecular weight is 402 g/mol. The lowest BCUT2D eigenvalue weighted by Crippen LogP contribution is -2.40. The zero-order chi connectivity index (χ0) is 20.8. The summed E-state index contributed by atoms with van der Waals surface area (Å²) in [5.74, 6) is 0.548. The molecule has 28 heavy (non-hydrogen) atoms. The molecule has 0 bridgehead atoms. The zero-order valence-corrected chi connectivity index (χ0v) is 18.2. The Kier molecular flexibility index (Phi) is 5.40. The van der Waals surface area contributed by atoms with E-state index in [1.54, 1.807) is 22.5 Å². The van der Waals surface area contributed by atoms with Crippen LogP contribution in [0.2, 0.25) is 0 Å². The van der Waals surface area contributed by atoms with Crippen LogP contribution in [0.4, 0.5) is 0 Å². The van der Waals surface area contributed by atoms with E-state index in [-0.39, 0.29) is 11.6 Å². The van der Waals surface area contributed by atoms with Crippen molar-refractivity contribution in [1.29, 1.82) is 0 Å². The Bertz CT molecular complexity index is 1080. The van der Waals surface area contributed by atoms with E-state index in [0.29, 0.717) is 16.7 Å². The van der Waals surface area contributed by atoms with Crippen LogP contribution in [0.15, 0.2) is 29.2 Å². The second kappa shape index (κ2) is 7.35. The number of hydrogen-bond donors (Lipinski definition) is 1. The largest absolute Gasteiger partial charge is 0.598 e. The molecule has 0 aliphatic rings. The summed E-state index contributed by atoms with van der Waals surface area (Å²) in [7, 11) is 3.54. The monoisotopic (exact) mass is 401 g/mol. The standard InChI is InChI=1S/C20H27N5O2S/c1-12-10-14(13(2)23-28(27)20(3,4)5)17-15(11-12)19(26)24(6)18(22-17)16-8-9-21-25(16)7/h8-11,13,23H,1-7H3/t13?,28-/m1/s1. The number of benzene rings is 1. The normalized spacial score (nSPS) is 14.4. The molecule has 0 fully saturated rings. The molecular formula is C20H27N5O2S. The topological polar surface area (TPSA) is 87.8 Å². The third kappa shape index (κ3) is 3.72. The molecule has 0 aliphatic carbocycles. The summed E-state index contributed by atoms with van der Waals surface area (Å²) in [6.07, 6.45) is 1.68. The Hall–Kier alpha value is -2.16. The first-order valence-corrected chi connectivity index (χ1v) is 10.3. The van der Waals surface area contributed by atoms with Crippen LogP contribution >= 0.6 is 0 Å². The summed E-state index contributed by atoms with van der Waals surface area (Å²) in [4.78, 5) is 17.9. The molecule has 0 radical (unpaired) electrons. The zero-order valence-electron chi connectivity index (χ0n) is 17.4. The van der Waals surface area contributed by atoms with Gasteiger partial charge < -0.3 is 4.55 Å². The average Bonchev–Trinajstić information content (AvgIpc) is 3.02. The number of aryl methyl sites for hydroxylation is 2. The predicted octanol–water partition coefficient (Wildman–Crippen LogP) is 2.76. The van der Waals surface area contributed by atoms with Crippen LogP contribution in [0.25, 0.3) is 22.4 Å². The number of nitrogens with one attached hydrogen (secondary N) is 1. The first-order chi connectivity index (χ1) is 13.0. The molecule has 3 rings (SSSR count). The smallest absolute Gasteiger partial charge is 0.261 e. The highest BCUT2D eigenvalue weighted by Gasteiger charge is 2.29. The van der Waals surface area contributed by atoms with Crippen molar-refractivity contribution in [2.75, 3.05) is 0 Å². The van der Waals surface area contributed by atoms with Crippen molar-refractivity contribution in [3.05, 3.63) is 45.9 Å². The van der Waals surface area contributed by atoms with Gasteiger partial charge in [0.05, 0.1) is 16.9 Å². The van der Waals surface area contributed by atoms with E-state index in [1.807, 2.05) is 59.9 Å². The first-order valence-electron chi connectivity index (χ1n) is 9.18. The molecule has 2 atom stereocenters. The summed E-state index contributed by atoms with van der Waals surface area (Å²) in [6, 6.07) is 5.45. The third-order valence-corrected chi connectivity index (χ3v) is 6.39. The first kappa shape index (κ1) is 20.6. The molecule has 7 nitrogen and oxygen atoms in total. The Morgan fingerprint density at radius 1 is 1.25 bits per heavy atom.